The Balaban J connectivity index is 2.31. The minimum absolute atomic E-state index is 1.09. The van der Waals surface area contributed by atoms with Crippen LogP contribution in [0.15, 0.2) is 16.6 Å². The first kappa shape index (κ1) is 11.0. The van der Waals surface area contributed by atoms with E-state index in [4.69, 9.17) is 0 Å². The van der Waals surface area contributed by atoms with Crippen molar-refractivity contribution in [1.82, 2.24) is 5.32 Å². The molecule has 1 aliphatic heterocycles. The number of hydrogen-bond acceptors (Lipinski definition) is 2. The van der Waals surface area contributed by atoms with Crippen LogP contribution in [0.5, 0.6) is 0 Å². The van der Waals surface area contributed by atoms with Gasteiger partial charge in [0.05, 0.1) is 0 Å². The molecule has 0 aromatic heterocycles. The molecule has 1 aromatic rings. The Labute approximate surface area is 99.8 Å². The van der Waals surface area contributed by atoms with Crippen LogP contribution >= 0.6 is 15.9 Å². The van der Waals surface area contributed by atoms with Crippen molar-refractivity contribution in [1.29, 1.82) is 0 Å². The molecule has 0 atom stereocenters. The molecule has 0 amide bonds. The first-order valence-corrected chi connectivity index (χ1v) is 6.21. The van der Waals surface area contributed by atoms with E-state index in [0.717, 1.165) is 26.2 Å². The molecule has 0 radical (unpaired) electrons. The Morgan fingerprint density at radius 3 is 2.47 bits per heavy atom. The molecule has 0 unspecified atom stereocenters. The number of rotatable bonds is 1. The van der Waals surface area contributed by atoms with Gasteiger partial charge in [-0.05, 0) is 37.1 Å². The maximum atomic E-state index is 3.57. The average molecular weight is 269 g/mol. The molecule has 1 fully saturated rings. The predicted octanol–water partition coefficient (Wildman–Crippen LogP) is 2.48. The first-order valence-electron chi connectivity index (χ1n) is 5.41. The molecule has 15 heavy (non-hydrogen) atoms. The van der Waals surface area contributed by atoms with Crippen LogP contribution in [0, 0.1) is 13.8 Å². The molecule has 0 aliphatic carbocycles. The van der Waals surface area contributed by atoms with Crippen LogP contribution in [0.3, 0.4) is 0 Å². The van der Waals surface area contributed by atoms with Crippen molar-refractivity contribution in [2.45, 2.75) is 13.8 Å². The summed E-state index contributed by atoms with van der Waals surface area (Å²) in [6.45, 7) is 8.79. The third-order valence-corrected chi connectivity index (χ3v) is 4.01. The summed E-state index contributed by atoms with van der Waals surface area (Å²) < 4.78 is 1.21. The fraction of sp³-hybridized carbons (Fsp3) is 0.500. The van der Waals surface area contributed by atoms with E-state index in [1.807, 2.05) is 0 Å². The average Bonchev–Trinajstić information content (AvgIpc) is 2.27. The normalized spacial score (nSPS) is 16.9. The molecular weight excluding hydrogens is 252 g/mol. The van der Waals surface area contributed by atoms with Gasteiger partial charge >= 0.3 is 0 Å². The summed E-state index contributed by atoms with van der Waals surface area (Å²) in [5.41, 5.74) is 4.13. The molecule has 1 N–H and O–H groups in total. The highest BCUT2D eigenvalue weighted by Gasteiger charge is 2.13. The van der Waals surface area contributed by atoms with E-state index in [1.165, 1.54) is 21.3 Å². The smallest absolute Gasteiger partial charge is 0.0400 e. The first-order chi connectivity index (χ1) is 7.20. The molecule has 3 heteroatoms. The van der Waals surface area contributed by atoms with Crippen molar-refractivity contribution in [2.24, 2.45) is 0 Å². The van der Waals surface area contributed by atoms with Gasteiger partial charge in [0.25, 0.3) is 0 Å². The highest BCUT2D eigenvalue weighted by atomic mass is 79.9. The Morgan fingerprint density at radius 2 is 1.80 bits per heavy atom. The zero-order valence-corrected chi connectivity index (χ0v) is 10.9. The molecule has 1 saturated heterocycles. The lowest BCUT2D eigenvalue weighted by Crippen LogP contribution is -2.43. The van der Waals surface area contributed by atoms with Crippen LogP contribution < -0.4 is 10.2 Å². The lowest BCUT2D eigenvalue weighted by atomic mass is 10.1. The summed E-state index contributed by atoms with van der Waals surface area (Å²) in [4.78, 5) is 2.46. The van der Waals surface area contributed by atoms with Crippen LogP contribution in [0.25, 0.3) is 0 Å². The number of anilines is 1. The van der Waals surface area contributed by atoms with Gasteiger partial charge < -0.3 is 10.2 Å². The van der Waals surface area contributed by atoms with Gasteiger partial charge in [-0.15, -0.1) is 0 Å². The molecular formula is C12H17BrN2. The summed E-state index contributed by atoms with van der Waals surface area (Å²) in [6.07, 6.45) is 0. The van der Waals surface area contributed by atoms with E-state index in [9.17, 15) is 0 Å². The van der Waals surface area contributed by atoms with Gasteiger partial charge in [0, 0.05) is 36.3 Å². The van der Waals surface area contributed by atoms with Gasteiger partial charge in [-0.3, -0.25) is 0 Å². The highest BCUT2D eigenvalue weighted by Crippen LogP contribution is 2.28. The molecule has 0 spiro atoms. The zero-order valence-electron chi connectivity index (χ0n) is 9.31. The number of nitrogens with zero attached hydrogens (tertiary/aromatic N) is 1. The van der Waals surface area contributed by atoms with Gasteiger partial charge in [0.1, 0.15) is 0 Å². The van der Waals surface area contributed by atoms with Gasteiger partial charge in [-0.25, -0.2) is 0 Å². The summed E-state index contributed by atoms with van der Waals surface area (Å²) in [7, 11) is 0. The second-order valence-corrected chi connectivity index (χ2v) is 4.91. The lowest BCUT2D eigenvalue weighted by molar-refractivity contribution is 0.588. The topological polar surface area (TPSA) is 15.3 Å². The van der Waals surface area contributed by atoms with E-state index in [1.54, 1.807) is 0 Å². The quantitative estimate of drug-likeness (QED) is 0.842. The van der Waals surface area contributed by atoms with Crippen LogP contribution in [0.2, 0.25) is 0 Å². The molecule has 1 aliphatic rings. The van der Waals surface area contributed by atoms with Crippen molar-refractivity contribution < 1.29 is 0 Å². The van der Waals surface area contributed by atoms with E-state index < -0.39 is 0 Å². The van der Waals surface area contributed by atoms with Gasteiger partial charge in [-0.2, -0.15) is 0 Å². The number of benzene rings is 1. The van der Waals surface area contributed by atoms with Gasteiger partial charge in [0.2, 0.25) is 0 Å². The Bertz CT molecular complexity index is 357. The maximum Gasteiger partial charge on any atom is 0.0400 e. The summed E-state index contributed by atoms with van der Waals surface area (Å²) in [5, 5.41) is 3.38. The molecule has 1 aromatic carbocycles. The number of hydrogen-bond donors (Lipinski definition) is 1. The van der Waals surface area contributed by atoms with E-state index >= 15 is 0 Å². The third-order valence-electron chi connectivity index (χ3n) is 3.15. The SMILES string of the molecule is Cc1c(Br)ccc(N2CCNCC2)c1C. The number of nitrogens with one attached hydrogen (secondary N) is 1. The standard InChI is InChI=1S/C12H17BrN2/c1-9-10(2)12(4-3-11(9)13)15-7-5-14-6-8-15/h3-4,14H,5-8H2,1-2H3. The second kappa shape index (κ2) is 4.54. The van der Waals surface area contributed by atoms with Crippen molar-refractivity contribution in [2.75, 3.05) is 31.1 Å². The fourth-order valence-corrected chi connectivity index (χ4v) is 2.45. The largest absolute Gasteiger partial charge is 0.369 e. The van der Waals surface area contributed by atoms with E-state index in [2.05, 4.69) is 52.1 Å². The molecule has 0 saturated carbocycles. The van der Waals surface area contributed by atoms with Crippen LogP contribution in [-0.4, -0.2) is 26.2 Å². The van der Waals surface area contributed by atoms with Crippen molar-refractivity contribution in [3.05, 3.63) is 27.7 Å². The van der Waals surface area contributed by atoms with E-state index in [-0.39, 0.29) is 0 Å². The Morgan fingerprint density at radius 1 is 1.13 bits per heavy atom. The van der Waals surface area contributed by atoms with Gasteiger partial charge in [-0.1, -0.05) is 15.9 Å². The minimum atomic E-state index is 1.09. The molecule has 2 nitrogen and oxygen atoms in total. The summed E-state index contributed by atoms with van der Waals surface area (Å²) in [5.74, 6) is 0. The molecule has 0 bridgehead atoms. The molecule has 1 heterocycles. The van der Waals surface area contributed by atoms with Crippen LogP contribution in [0.4, 0.5) is 5.69 Å². The van der Waals surface area contributed by atoms with Crippen LogP contribution in [-0.2, 0) is 0 Å². The van der Waals surface area contributed by atoms with Gasteiger partial charge in [0.15, 0.2) is 0 Å². The van der Waals surface area contributed by atoms with E-state index in [0.29, 0.717) is 0 Å². The predicted molar refractivity (Wildman–Crippen MR) is 68.7 cm³/mol. The number of piperazine rings is 1. The summed E-state index contributed by atoms with van der Waals surface area (Å²) >= 11 is 3.57. The molecule has 2 rings (SSSR count). The molecule has 82 valence electrons. The third kappa shape index (κ3) is 2.18. The maximum absolute atomic E-state index is 3.57. The minimum Gasteiger partial charge on any atom is -0.369 e. The van der Waals surface area contributed by atoms with Crippen molar-refractivity contribution in [3.8, 4) is 0 Å². The second-order valence-electron chi connectivity index (χ2n) is 4.05. The monoisotopic (exact) mass is 268 g/mol. The zero-order chi connectivity index (χ0) is 10.8. The van der Waals surface area contributed by atoms with Crippen LogP contribution in [0.1, 0.15) is 11.1 Å². The van der Waals surface area contributed by atoms with Crippen molar-refractivity contribution in [3.63, 3.8) is 0 Å². The van der Waals surface area contributed by atoms with Crippen molar-refractivity contribution >= 4 is 21.6 Å². The lowest BCUT2D eigenvalue weighted by Gasteiger charge is -2.31. The Hall–Kier alpha value is -0.540. The Kier molecular flexibility index (Phi) is 3.32. The highest BCUT2D eigenvalue weighted by molar-refractivity contribution is 9.10. The number of halogens is 1. The fourth-order valence-electron chi connectivity index (χ4n) is 2.02. The summed E-state index contributed by atoms with van der Waals surface area (Å²) in [6, 6.07) is 4.37.